The van der Waals surface area contributed by atoms with Crippen LogP contribution in [-0.4, -0.2) is 24.2 Å². The minimum Gasteiger partial charge on any atom is -0.404 e. The van der Waals surface area contributed by atoms with Gasteiger partial charge in [0.05, 0.1) is 12.1 Å². The van der Waals surface area contributed by atoms with Gasteiger partial charge in [-0.15, -0.1) is 0 Å². The molecule has 28 heavy (non-hydrogen) atoms. The zero-order chi connectivity index (χ0) is 20.4. The maximum Gasteiger partial charge on any atom is 0.254 e. The van der Waals surface area contributed by atoms with Crippen LogP contribution in [-0.2, 0) is 29.1 Å². The standard InChI is InChI=1S/C21H23N5O2/c22-11-19(14-25-12-16-3-1-15(2-4-16)9-10-27)21(28)26-13-17-5-7-18(8-6-17)20(23)24/h1-8,10-11,14H,9,12-13,22H2,(H3,23,24)(H,26,28)/b19-11+,25-14?. The highest BCUT2D eigenvalue weighted by molar-refractivity contribution is 6.12. The number of nitrogen functional groups attached to an aromatic ring is 1. The summed E-state index contributed by atoms with van der Waals surface area (Å²) in [5, 5.41) is 10.1. The number of rotatable bonds is 9. The molecule has 0 aliphatic heterocycles. The largest absolute Gasteiger partial charge is 0.404 e. The molecule has 0 aliphatic rings. The third-order valence-electron chi connectivity index (χ3n) is 4.01. The highest BCUT2D eigenvalue weighted by atomic mass is 16.1. The van der Waals surface area contributed by atoms with E-state index in [9.17, 15) is 9.59 Å². The van der Waals surface area contributed by atoms with Crippen LogP contribution in [0.3, 0.4) is 0 Å². The number of amides is 1. The van der Waals surface area contributed by atoms with E-state index in [2.05, 4.69) is 10.3 Å². The van der Waals surface area contributed by atoms with Crippen molar-refractivity contribution in [2.45, 2.75) is 19.5 Å². The minimum absolute atomic E-state index is 0.00136. The van der Waals surface area contributed by atoms with E-state index in [0.29, 0.717) is 25.1 Å². The van der Waals surface area contributed by atoms with Crippen molar-refractivity contribution in [1.29, 1.82) is 5.41 Å². The Morgan fingerprint density at radius 2 is 1.64 bits per heavy atom. The third-order valence-corrected chi connectivity index (χ3v) is 4.01. The summed E-state index contributed by atoms with van der Waals surface area (Å²) in [6, 6.07) is 14.6. The van der Waals surface area contributed by atoms with Crippen LogP contribution in [0.4, 0.5) is 0 Å². The fourth-order valence-electron chi connectivity index (χ4n) is 2.39. The lowest BCUT2D eigenvalue weighted by Gasteiger charge is -2.06. The van der Waals surface area contributed by atoms with Gasteiger partial charge in [-0.2, -0.15) is 0 Å². The van der Waals surface area contributed by atoms with E-state index in [1.807, 2.05) is 24.3 Å². The number of carbonyl (C=O) groups is 2. The average Bonchev–Trinajstić information content (AvgIpc) is 2.71. The molecule has 0 radical (unpaired) electrons. The van der Waals surface area contributed by atoms with Gasteiger partial charge in [0.15, 0.2) is 0 Å². The molecule has 2 aromatic rings. The Kier molecular flexibility index (Phi) is 7.65. The van der Waals surface area contributed by atoms with Gasteiger partial charge in [-0.25, -0.2) is 0 Å². The number of aldehydes is 1. The maximum absolute atomic E-state index is 12.2. The van der Waals surface area contributed by atoms with Gasteiger partial charge in [0.2, 0.25) is 0 Å². The summed E-state index contributed by atoms with van der Waals surface area (Å²) in [5.41, 5.74) is 14.6. The van der Waals surface area contributed by atoms with Crippen LogP contribution in [0, 0.1) is 5.41 Å². The summed E-state index contributed by atoms with van der Waals surface area (Å²) >= 11 is 0. The van der Waals surface area contributed by atoms with Crippen molar-refractivity contribution >= 4 is 24.2 Å². The van der Waals surface area contributed by atoms with Crippen LogP contribution in [0.25, 0.3) is 0 Å². The lowest BCUT2D eigenvalue weighted by Crippen LogP contribution is -2.25. The highest BCUT2D eigenvalue weighted by Crippen LogP contribution is 2.06. The van der Waals surface area contributed by atoms with Crippen molar-refractivity contribution in [2.75, 3.05) is 0 Å². The summed E-state index contributed by atoms with van der Waals surface area (Å²) in [7, 11) is 0. The summed E-state index contributed by atoms with van der Waals surface area (Å²) in [6.07, 6.45) is 3.90. The number of aliphatic imine (C=N–C) groups is 1. The van der Waals surface area contributed by atoms with Gasteiger partial charge in [-0.05, 0) is 16.7 Å². The predicted molar refractivity (Wildman–Crippen MR) is 110 cm³/mol. The maximum atomic E-state index is 12.2. The number of nitrogens with two attached hydrogens (primary N) is 2. The first kappa shape index (κ1) is 20.6. The molecule has 2 rings (SSSR count). The lowest BCUT2D eigenvalue weighted by atomic mass is 10.1. The van der Waals surface area contributed by atoms with E-state index >= 15 is 0 Å². The van der Waals surface area contributed by atoms with Crippen molar-refractivity contribution in [1.82, 2.24) is 5.32 Å². The second kappa shape index (κ2) is 10.4. The Bertz CT molecular complexity index is 884. The summed E-state index contributed by atoms with van der Waals surface area (Å²) in [6.45, 7) is 0.721. The number of nitrogens with one attached hydrogen (secondary N) is 2. The molecule has 0 heterocycles. The molecular formula is C21H23N5O2. The van der Waals surface area contributed by atoms with Crippen LogP contribution in [0.2, 0.25) is 0 Å². The number of nitrogens with zero attached hydrogens (tertiary/aromatic N) is 1. The van der Waals surface area contributed by atoms with Gasteiger partial charge < -0.3 is 21.6 Å². The van der Waals surface area contributed by atoms with E-state index in [1.165, 1.54) is 12.4 Å². The molecule has 0 saturated carbocycles. The Morgan fingerprint density at radius 3 is 2.21 bits per heavy atom. The molecule has 0 saturated heterocycles. The molecular weight excluding hydrogens is 354 g/mol. The fraction of sp³-hybridized carbons (Fsp3) is 0.143. The molecule has 0 spiro atoms. The van der Waals surface area contributed by atoms with Crippen LogP contribution >= 0.6 is 0 Å². The van der Waals surface area contributed by atoms with E-state index in [-0.39, 0.29) is 17.3 Å². The molecule has 0 aromatic heterocycles. The number of carbonyl (C=O) groups excluding carboxylic acids is 2. The normalized spacial score (nSPS) is 11.4. The molecule has 144 valence electrons. The van der Waals surface area contributed by atoms with Crippen LogP contribution < -0.4 is 16.8 Å². The van der Waals surface area contributed by atoms with E-state index < -0.39 is 0 Å². The molecule has 0 bridgehead atoms. The number of benzene rings is 2. The first-order valence-electron chi connectivity index (χ1n) is 8.68. The van der Waals surface area contributed by atoms with Crippen molar-refractivity contribution in [3.05, 3.63) is 82.6 Å². The first-order chi connectivity index (χ1) is 13.5. The van der Waals surface area contributed by atoms with Gasteiger partial charge in [-0.3, -0.25) is 15.2 Å². The van der Waals surface area contributed by atoms with E-state index in [1.54, 1.807) is 24.3 Å². The van der Waals surface area contributed by atoms with Gasteiger partial charge in [0.25, 0.3) is 5.91 Å². The molecule has 2 aromatic carbocycles. The van der Waals surface area contributed by atoms with Gasteiger partial charge in [0, 0.05) is 30.9 Å². The fourth-order valence-corrected chi connectivity index (χ4v) is 2.39. The smallest absolute Gasteiger partial charge is 0.254 e. The van der Waals surface area contributed by atoms with Gasteiger partial charge >= 0.3 is 0 Å². The Labute approximate surface area is 163 Å². The van der Waals surface area contributed by atoms with E-state index in [4.69, 9.17) is 16.9 Å². The first-order valence-corrected chi connectivity index (χ1v) is 8.68. The zero-order valence-corrected chi connectivity index (χ0v) is 15.4. The van der Waals surface area contributed by atoms with Crippen LogP contribution in [0.5, 0.6) is 0 Å². The average molecular weight is 377 g/mol. The van der Waals surface area contributed by atoms with Crippen LogP contribution in [0.1, 0.15) is 22.3 Å². The van der Waals surface area contributed by atoms with Crippen LogP contribution in [0.15, 0.2) is 65.3 Å². The molecule has 6 N–H and O–H groups in total. The summed E-state index contributed by atoms with van der Waals surface area (Å²) < 4.78 is 0. The Hall–Kier alpha value is -3.74. The van der Waals surface area contributed by atoms with Crippen molar-refractivity contribution in [3.63, 3.8) is 0 Å². The second-order valence-corrected chi connectivity index (χ2v) is 6.07. The SMILES string of the molecule is N=C(N)c1ccc(CNC(=O)/C(C=NCc2ccc(CC=O)cc2)=C/N)cc1. The predicted octanol–water partition coefficient (Wildman–Crippen LogP) is 1.44. The molecule has 1 amide bonds. The minimum atomic E-state index is -0.330. The zero-order valence-electron chi connectivity index (χ0n) is 15.4. The Balaban J connectivity index is 1.87. The van der Waals surface area contributed by atoms with Crippen molar-refractivity contribution < 1.29 is 9.59 Å². The monoisotopic (exact) mass is 377 g/mol. The van der Waals surface area contributed by atoms with Gasteiger partial charge in [0.1, 0.15) is 12.1 Å². The number of hydrogen-bond donors (Lipinski definition) is 4. The van der Waals surface area contributed by atoms with Gasteiger partial charge in [-0.1, -0.05) is 48.5 Å². The Morgan fingerprint density at radius 1 is 1.04 bits per heavy atom. The van der Waals surface area contributed by atoms with Crippen molar-refractivity contribution in [3.8, 4) is 0 Å². The molecule has 7 nitrogen and oxygen atoms in total. The molecule has 0 unspecified atom stereocenters. The molecule has 7 heteroatoms. The lowest BCUT2D eigenvalue weighted by molar-refractivity contribution is -0.117. The number of amidine groups is 1. The second-order valence-electron chi connectivity index (χ2n) is 6.07. The molecule has 0 aliphatic carbocycles. The third kappa shape index (κ3) is 6.21. The topological polar surface area (TPSA) is 134 Å². The number of hydrogen-bond acceptors (Lipinski definition) is 5. The molecule has 0 atom stereocenters. The van der Waals surface area contributed by atoms with E-state index in [0.717, 1.165) is 23.0 Å². The summed E-state index contributed by atoms with van der Waals surface area (Å²) in [5.74, 6) is -0.332. The summed E-state index contributed by atoms with van der Waals surface area (Å²) in [4.78, 5) is 27.0. The molecule has 0 fully saturated rings. The van der Waals surface area contributed by atoms with Crippen molar-refractivity contribution in [2.24, 2.45) is 16.5 Å². The quantitative estimate of drug-likeness (QED) is 0.228. The highest BCUT2D eigenvalue weighted by Gasteiger charge is 2.06.